The van der Waals surface area contributed by atoms with Crippen LogP contribution in [0.15, 0.2) is 18.5 Å². The minimum absolute atomic E-state index is 0.236. The van der Waals surface area contributed by atoms with Crippen LogP contribution in [0.4, 0.5) is 23.7 Å². The van der Waals surface area contributed by atoms with E-state index in [1.807, 2.05) is 20.8 Å². The summed E-state index contributed by atoms with van der Waals surface area (Å²) in [5, 5.41) is 25.4. The highest BCUT2D eigenvalue weighted by Gasteiger charge is 2.61. The number of nitrogens with zero attached hydrogens (tertiary/aromatic N) is 2. The second-order valence-electron chi connectivity index (χ2n) is 9.13. The first-order valence-corrected chi connectivity index (χ1v) is 12.5. The second-order valence-corrected chi connectivity index (χ2v) is 13.9. The molecule has 3 N–H and O–H groups in total. The number of carbonyl (C=O) groups is 1. The number of hydrogen-bond acceptors (Lipinski definition) is 6. The van der Waals surface area contributed by atoms with E-state index in [0.29, 0.717) is 0 Å². The number of pyridine rings is 1. The molecule has 0 bridgehead atoms. The first-order valence-electron chi connectivity index (χ1n) is 9.58. The Morgan fingerprint density at radius 3 is 2.52 bits per heavy atom. The summed E-state index contributed by atoms with van der Waals surface area (Å²) in [6.07, 6.45) is -6.03. The monoisotopic (exact) mass is 464 g/mol. The number of piperidine rings is 1. The van der Waals surface area contributed by atoms with Crippen molar-refractivity contribution in [1.82, 2.24) is 15.6 Å². The van der Waals surface area contributed by atoms with Crippen molar-refractivity contribution in [3.8, 4) is 0 Å². The van der Waals surface area contributed by atoms with Crippen molar-refractivity contribution >= 4 is 20.1 Å². The Labute approximate surface area is 178 Å². The topological polar surface area (TPSA) is 127 Å². The molecule has 0 unspecified atom stereocenters. The zero-order chi connectivity index (χ0) is 23.8. The Bertz CT molecular complexity index is 846. The number of halogens is 3. The van der Waals surface area contributed by atoms with Gasteiger partial charge in [0.15, 0.2) is 8.32 Å². The van der Waals surface area contributed by atoms with Gasteiger partial charge >= 0.3 is 12.3 Å². The van der Waals surface area contributed by atoms with E-state index in [9.17, 15) is 33.2 Å². The molecule has 0 aromatic carbocycles. The lowest BCUT2D eigenvalue weighted by Crippen LogP contribution is -2.70. The van der Waals surface area contributed by atoms with Crippen molar-refractivity contribution in [3.05, 3.63) is 34.1 Å². The highest BCUT2D eigenvalue weighted by molar-refractivity contribution is 6.74. The quantitative estimate of drug-likeness (QED) is 0.345. The van der Waals surface area contributed by atoms with E-state index in [2.05, 4.69) is 15.6 Å². The molecule has 1 aliphatic rings. The molecule has 174 valence electrons. The fourth-order valence-corrected chi connectivity index (χ4v) is 4.82. The number of hydrogen-bond donors (Lipinski definition) is 3. The standard InChI is InChI=1S/C18H27F3N4O5Si/c1-16(2,3)31(4,5)30-14-12(18(19,20)21)8-23-10-17(14,24-15(26)27)11-6-7-22-9-13(11)25(28)29/h6-7,9,12,14,23-24H,8,10H2,1-5H3,(H,26,27)/t12-,14+,17-/m0/s1. The summed E-state index contributed by atoms with van der Waals surface area (Å²) < 4.78 is 48.5. The van der Waals surface area contributed by atoms with Crippen LogP contribution in [0.25, 0.3) is 0 Å². The molecular weight excluding hydrogens is 437 g/mol. The number of rotatable bonds is 5. The van der Waals surface area contributed by atoms with Gasteiger partial charge in [-0.3, -0.25) is 15.1 Å². The SMILES string of the molecule is CC(C)(C)[Si](C)(C)O[C@@H]1[C@@H](C(F)(F)F)CNC[C@]1(NC(=O)O)c1ccncc1[N+](=O)[O-]. The lowest BCUT2D eigenvalue weighted by molar-refractivity contribution is -0.386. The van der Waals surface area contributed by atoms with Gasteiger partial charge in [-0.25, -0.2) is 4.79 Å². The van der Waals surface area contributed by atoms with Crippen LogP contribution in [0.1, 0.15) is 26.3 Å². The van der Waals surface area contributed by atoms with Gasteiger partial charge in [0.25, 0.3) is 5.69 Å². The molecule has 0 saturated carbocycles. The van der Waals surface area contributed by atoms with Crippen molar-refractivity contribution < 1.29 is 32.4 Å². The zero-order valence-corrected chi connectivity index (χ0v) is 18.9. The number of carboxylic acid groups (broad SMARTS) is 1. The fraction of sp³-hybridized carbons (Fsp3) is 0.667. The maximum absolute atomic E-state index is 14.1. The van der Waals surface area contributed by atoms with E-state index in [4.69, 9.17) is 4.43 Å². The molecule has 1 aliphatic heterocycles. The van der Waals surface area contributed by atoms with Gasteiger partial charge in [0, 0.05) is 19.3 Å². The van der Waals surface area contributed by atoms with Crippen LogP contribution in [-0.4, -0.2) is 54.8 Å². The largest absolute Gasteiger partial charge is 0.465 e. The molecule has 31 heavy (non-hydrogen) atoms. The number of amides is 1. The van der Waals surface area contributed by atoms with Gasteiger partial charge in [-0.15, -0.1) is 0 Å². The van der Waals surface area contributed by atoms with E-state index >= 15 is 0 Å². The molecule has 9 nitrogen and oxygen atoms in total. The van der Waals surface area contributed by atoms with Gasteiger partial charge in [0.1, 0.15) is 11.7 Å². The predicted molar refractivity (Wildman–Crippen MR) is 108 cm³/mol. The van der Waals surface area contributed by atoms with Crippen LogP contribution >= 0.6 is 0 Å². The van der Waals surface area contributed by atoms with Crippen molar-refractivity contribution in [2.24, 2.45) is 5.92 Å². The van der Waals surface area contributed by atoms with Crippen LogP contribution in [0, 0.1) is 16.0 Å². The number of nitro groups is 1. The van der Waals surface area contributed by atoms with E-state index < -0.39 is 60.3 Å². The van der Waals surface area contributed by atoms with E-state index in [0.717, 1.165) is 12.3 Å². The van der Waals surface area contributed by atoms with Gasteiger partial charge in [-0.2, -0.15) is 13.2 Å². The average molecular weight is 465 g/mol. The van der Waals surface area contributed by atoms with Crippen LogP contribution in [0.3, 0.4) is 0 Å². The first-order chi connectivity index (χ1) is 14.0. The Morgan fingerprint density at radius 1 is 1.42 bits per heavy atom. The van der Waals surface area contributed by atoms with Crippen LogP contribution < -0.4 is 10.6 Å². The lowest BCUT2D eigenvalue weighted by atomic mass is 9.75. The Balaban J connectivity index is 2.81. The minimum atomic E-state index is -4.74. The van der Waals surface area contributed by atoms with Crippen LogP contribution in [-0.2, 0) is 9.96 Å². The van der Waals surface area contributed by atoms with E-state index in [-0.39, 0.29) is 12.1 Å². The average Bonchev–Trinajstić information content (AvgIpc) is 2.60. The number of nitrogens with one attached hydrogen (secondary N) is 2. The summed E-state index contributed by atoms with van der Waals surface area (Å²) in [5.74, 6) is -2.10. The molecule has 13 heteroatoms. The zero-order valence-electron chi connectivity index (χ0n) is 17.9. The summed E-state index contributed by atoms with van der Waals surface area (Å²) in [7, 11) is -2.88. The molecule has 2 rings (SSSR count). The molecular formula is C18H27F3N4O5Si. The molecule has 0 aliphatic carbocycles. The smallest absolute Gasteiger partial charge is 0.405 e. The van der Waals surface area contributed by atoms with Crippen molar-refractivity contribution in [2.45, 2.75) is 56.7 Å². The summed E-state index contributed by atoms with van der Waals surface area (Å²) in [6, 6.07) is 1.16. The van der Waals surface area contributed by atoms with Crippen molar-refractivity contribution in [2.75, 3.05) is 13.1 Å². The molecule has 1 aromatic rings. The second kappa shape index (κ2) is 8.35. The molecule has 0 radical (unpaired) electrons. The fourth-order valence-electron chi connectivity index (χ4n) is 3.47. The highest BCUT2D eigenvalue weighted by atomic mass is 28.4. The molecule has 1 aromatic heterocycles. The molecule has 3 atom stereocenters. The Morgan fingerprint density at radius 2 is 2.03 bits per heavy atom. The van der Waals surface area contributed by atoms with Gasteiger partial charge in [0.05, 0.1) is 22.5 Å². The van der Waals surface area contributed by atoms with Crippen molar-refractivity contribution in [1.29, 1.82) is 0 Å². The maximum Gasteiger partial charge on any atom is 0.405 e. The van der Waals surface area contributed by atoms with Gasteiger partial charge < -0.3 is 20.2 Å². The van der Waals surface area contributed by atoms with Gasteiger partial charge in [-0.05, 0) is 24.2 Å². The molecule has 1 saturated heterocycles. The molecule has 2 heterocycles. The van der Waals surface area contributed by atoms with Gasteiger partial charge in [0.2, 0.25) is 0 Å². The Kier molecular flexibility index (Phi) is 6.74. The molecule has 0 spiro atoms. The van der Waals surface area contributed by atoms with Gasteiger partial charge in [-0.1, -0.05) is 20.8 Å². The summed E-state index contributed by atoms with van der Waals surface area (Å²) in [6.45, 7) is 8.17. The van der Waals surface area contributed by atoms with E-state index in [1.54, 1.807) is 13.1 Å². The first kappa shape index (κ1) is 25.0. The molecule has 1 amide bonds. The molecule has 1 fully saturated rings. The third-order valence-corrected chi connectivity index (χ3v) is 10.5. The van der Waals surface area contributed by atoms with E-state index in [1.165, 1.54) is 6.20 Å². The normalized spacial score (nSPS) is 25.2. The minimum Gasteiger partial charge on any atom is -0.465 e. The third kappa shape index (κ3) is 4.98. The maximum atomic E-state index is 14.1. The highest BCUT2D eigenvalue weighted by Crippen LogP contribution is 2.47. The Hall–Kier alpha value is -2.25. The van der Waals surface area contributed by atoms with Crippen LogP contribution in [0.2, 0.25) is 18.1 Å². The summed E-state index contributed by atoms with van der Waals surface area (Å²) in [5.41, 5.74) is -2.89. The third-order valence-electron chi connectivity index (χ3n) is 6.07. The number of alkyl halides is 3. The number of aromatic nitrogens is 1. The lowest BCUT2D eigenvalue weighted by Gasteiger charge is -2.52. The summed E-state index contributed by atoms with van der Waals surface area (Å²) in [4.78, 5) is 26.3. The predicted octanol–water partition coefficient (Wildman–Crippen LogP) is 3.62. The van der Waals surface area contributed by atoms with Crippen LogP contribution in [0.5, 0.6) is 0 Å². The van der Waals surface area contributed by atoms with Crippen molar-refractivity contribution in [3.63, 3.8) is 0 Å². The summed E-state index contributed by atoms with van der Waals surface area (Å²) >= 11 is 0.